The Kier molecular flexibility index (Phi) is 8.06. The summed E-state index contributed by atoms with van der Waals surface area (Å²) in [7, 11) is -2.17. The van der Waals surface area contributed by atoms with Gasteiger partial charge in [-0.1, -0.05) is 13.8 Å². The van der Waals surface area contributed by atoms with Crippen LogP contribution in [0.5, 0.6) is 5.75 Å². The van der Waals surface area contributed by atoms with Crippen LogP contribution in [0.25, 0.3) is 0 Å². The van der Waals surface area contributed by atoms with Crippen molar-refractivity contribution >= 4 is 27.8 Å². The molecule has 0 saturated carbocycles. The Balaban J connectivity index is 1.55. The summed E-state index contributed by atoms with van der Waals surface area (Å²) in [5.41, 5.74) is 0.336. The maximum Gasteiger partial charge on any atom is 0.338 e. The highest BCUT2D eigenvalue weighted by molar-refractivity contribution is 7.89. The number of hydrogen-bond acceptors (Lipinski definition) is 7. The first-order chi connectivity index (χ1) is 16.1. The number of carbonyl (C=O) groups excluding carboxylic acids is 3. The van der Waals surface area contributed by atoms with Gasteiger partial charge < -0.3 is 9.47 Å². The third kappa shape index (κ3) is 6.21. The van der Waals surface area contributed by atoms with Gasteiger partial charge >= 0.3 is 5.97 Å². The average Bonchev–Trinajstić information content (AvgIpc) is 2.82. The number of esters is 1. The highest BCUT2D eigenvalue weighted by Gasteiger charge is 2.31. The first-order valence-corrected chi connectivity index (χ1v) is 12.3. The van der Waals surface area contributed by atoms with Crippen molar-refractivity contribution in [1.29, 1.82) is 0 Å². The third-order valence-electron chi connectivity index (χ3n) is 5.50. The second kappa shape index (κ2) is 10.8. The zero-order valence-electron chi connectivity index (χ0n) is 19.3. The van der Waals surface area contributed by atoms with Crippen molar-refractivity contribution in [2.45, 2.75) is 25.2 Å². The van der Waals surface area contributed by atoms with Crippen molar-refractivity contribution in [1.82, 2.24) is 9.62 Å². The number of nitrogens with one attached hydrogen (secondary N) is 1. The maximum absolute atomic E-state index is 12.9. The molecule has 0 radical (unpaired) electrons. The van der Waals surface area contributed by atoms with Gasteiger partial charge in [0.05, 0.1) is 17.6 Å². The maximum atomic E-state index is 12.9. The van der Waals surface area contributed by atoms with Crippen LogP contribution in [0, 0.1) is 11.8 Å². The lowest BCUT2D eigenvalue weighted by molar-refractivity contribution is -0.123. The van der Waals surface area contributed by atoms with Crippen molar-refractivity contribution < 1.29 is 32.3 Å². The Hall–Kier alpha value is -3.24. The molecule has 9 nitrogen and oxygen atoms in total. The molecule has 3 rings (SSSR count). The molecule has 34 heavy (non-hydrogen) atoms. The summed E-state index contributed by atoms with van der Waals surface area (Å²) in [6, 6.07) is 11.5. The molecular weight excluding hydrogens is 460 g/mol. The van der Waals surface area contributed by atoms with E-state index in [1.807, 2.05) is 13.8 Å². The fraction of sp³-hybridized carbons (Fsp3) is 0.375. The number of imide groups is 1. The Labute approximate surface area is 199 Å². The number of nitrogens with zero attached hydrogens (tertiary/aromatic N) is 1. The number of rotatable bonds is 7. The van der Waals surface area contributed by atoms with Crippen LogP contribution in [-0.4, -0.2) is 57.3 Å². The number of ether oxygens (including phenoxy) is 2. The third-order valence-corrected chi connectivity index (χ3v) is 7.35. The molecular formula is C24H28N2O7S. The number of amides is 2. The molecule has 0 aromatic heterocycles. The van der Waals surface area contributed by atoms with E-state index in [-0.39, 0.29) is 27.9 Å². The smallest absolute Gasteiger partial charge is 0.338 e. The number of benzene rings is 2. The van der Waals surface area contributed by atoms with Crippen LogP contribution in [0.1, 0.15) is 41.0 Å². The van der Waals surface area contributed by atoms with Gasteiger partial charge in [-0.25, -0.2) is 13.2 Å². The monoisotopic (exact) mass is 488 g/mol. The first-order valence-electron chi connectivity index (χ1n) is 10.9. The molecule has 182 valence electrons. The second-order valence-electron chi connectivity index (χ2n) is 8.47. The van der Waals surface area contributed by atoms with Crippen LogP contribution in [0.3, 0.4) is 0 Å². The number of hydrogen-bond donors (Lipinski definition) is 1. The molecule has 2 aromatic rings. The van der Waals surface area contributed by atoms with E-state index in [4.69, 9.17) is 9.47 Å². The average molecular weight is 489 g/mol. The van der Waals surface area contributed by atoms with Gasteiger partial charge in [0.25, 0.3) is 11.8 Å². The van der Waals surface area contributed by atoms with Gasteiger partial charge in [-0.05, 0) is 66.8 Å². The highest BCUT2D eigenvalue weighted by atomic mass is 32.2. The number of carbonyl (C=O) groups is 3. The summed E-state index contributed by atoms with van der Waals surface area (Å²) in [5.74, 6) is -1.13. The van der Waals surface area contributed by atoms with Crippen LogP contribution in [0.15, 0.2) is 53.4 Å². The summed E-state index contributed by atoms with van der Waals surface area (Å²) in [5, 5.41) is 2.13. The topological polar surface area (TPSA) is 119 Å². The minimum atomic E-state index is -3.67. The van der Waals surface area contributed by atoms with Gasteiger partial charge in [0.15, 0.2) is 6.61 Å². The van der Waals surface area contributed by atoms with E-state index in [9.17, 15) is 22.8 Å². The van der Waals surface area contributed by atoms with Gasteiger partial charge in [0, 0.05) is 18.7 Å². The molecule has 2 unspecified atom stereocenters. The van der Waals surface area contributed by atoms with E-state index in [1.54, 1.807) is 12.1 Å². The lowest BCUT2D eigenvalue weighted by Gasteiger charge is -2.34. The molecule has 1 heterocycles. The molecule has 2 aromatic carbocycles. The molecule has 1 aliphatic rings. The van der Waals surface area contributed by atoms with Gasteiger partial charge in [-0.3, -0.25) is 14.9 Å². The molecule has 0 bridgehead atoms. The van der Waals surface area contributed by atoms with E-state index in [0.29, 0.717) is 18.8 Å². The lowest BCUT2D eigenvalue weighted by Crippen LogP contribution is -2.42. The molecule has 0 spiro atoms. The van der Waals surface area contributed by atoms with Crippen LogP contribution in [0.2, 0.25) is 0 Å². The molecule has 10 heteroatoms. The first kappa shape index (κ1) is 25.4. The normalized spacial score (nSPS) is 18.7. The Morgan fingerprint density at radius 2 is 1.50 bits per heavy atom. The number of methoxy groups -OCH3 is 1. The Morgan fingerprint density at radius 3 is 2.06 bits per heavy atom. The fourth-order valence-corrected chi connectivity index (χ4v) is 5.59. The van der Waals surface area contributed by atoms with Crippen molar-refractivity contribution in [3.05, 3.63) is 59.7 Å². The van der Waals surface area contributed by atoms with Crippen LogP contribution >= 0.6 is 0 Å². The fourth-order valence-electron chi connectivity index (χ4n) is 3.91. The summed E-state index contributed by atoms with van der Waals surface area (Å²) < 4.78 is 37.3. The molecule has 1 fully saturated rings. The molecule has 1 N–H and O–H groups in total. The van der Waals surface area contributed by atoms with Gasteiger partial charge in [0.1, 0.15) is 5.75 Å². The summed E-state index contributed by atoms with van der Waals surface area (Å²) in [6.07, 6.45) is 0.982. The summed E-state index contributed by atoms with van der Waals surface area (Å²) >= 11 is 0. The molecule has 1 saturated heterocycles. The predicted molar refractivity (Wildman–Crippen MR) is 124 cm³/mol. The van der Waals surface area contributed by atoms with Crippen LogP contribution < -0.4 is 10.1 Å². The highest BCUT2D eigenvalue weighted by Crippen LogP contribution is 2.26. The summed E-state index contributed by atoms with van der Waals surface area (Å²) in [6.45, 7) is 4.31. The van der Waals surface area contributed by atoms with E-state index in [0.717, 1.165) is 6.42 Å². The van der Waals surface area contributed by atoms with E-state index in [1.165, 1.54) is 47.8 Å². The van der Waals surface area contributed by atoms with Gasteiger partial charge in [-0.15, -0.1) is 0 Å². The van der Waals surface area contributed by atoms with E-state index < -0.39 is 34.4 Å². The second-order valence-corrected chi connectivity index (χ2v) is 10.4. The Morgan fingerprint density at radius 1 is 0.941 bits per heavy atom. The quantitative estimate of drug-likeness (QED) is 0.595. The van der Waals surface area contributed by atoms with Crippen LogP contribution in [0.4, 0.5) is 0 Å². The van der Waals surface area contributed by atoms with Crippen molar-refractivity contribution in [3.8, 4) is 5.75 Å². The minimum absolute atomic E-state index is 0.0909. The number of piperidine rings is 1. The molecule has 2 atom stereocenters. The Bertz CT molecular complexity index is 1130. The molecule has 0 aliphatic carbocycles. The lowest BCUT2D eigenvalue weighted by atomic mass is 9.94. The van der Waals surface area contributed by atoms with Crippen molar-refractivity contribution in [2.75, 3.05) is 26.8 Å². The zero-order valence-corrected chi connectivity index (χ0v) is 20.1. The predicted octanol–water partition coefficient (Wildman–Crippen LogP) is 2.48. The largest absolute Gasteiger partial charge is 0.497 e. The van der Waals surface area contributed by atoms with Gasteiger partial charge in [-0.2, -0.15) is 4.31 Å². The van der Waals surface area contributed by atoms with Crippen molar-refractivity contribution in [2.24, 2.45) is 11.8 Å². The van der Waals surface area contributed by atoms with Crippen molar-refractivity contribution in [3.63, 3.8) is 0 Å². The molecule has 1 aliphatic heterocycles. The van der Waals surface area contributed by atoms with E-state index in [2.05, 4.69) is 5.32 Å². The number of sulfonamides is 1. The SMILES string of the molecule is COc1ccc(C(=O)NC(=O)COC(=O)c2ccc(S(=O)(=O)N3CC(C)CC(C)C3)cc2)cc1. The van der Waals surface area contributed by atoms with Gasteiger partial charge in [0.2, 0.25) is 10.0 Å². The van der Waals surface area contributed by atoms with Crippen LogP contribution in [-0.2, 0) is 19.6 Å². The summed E-state index contributed by atoms with van der Waals surface area (Å²) in [4.78, 5) is 36.4. The standard InChI is InChI=1S/C24H28N2O7S/c1-16-12-17(2)14-26(13-16)34(30,31)21-10-6-19(7-11-21)24(29)33-15-22(27)25-23(28)18-4-8-20(32-3)9-5-18/h4-11,16-17H,12-15H2,1-3H3,(H,25,27,28). The minimum Gasteiger partial charge on any atom is -0.497 e. The zero-order chi connectivity index (χ0) is 24.9. The molecule has 2 amide bonds. The van der Waals surface area contributed by atoms with E-state index >= 15 is 0 Å².